The van der Waals surface area contributed by atoms with Crippen molar-refractivity contribution in [2.75, 3.05) is 0 Å². The van der Waals surface area contributed by atoms with E-state index in [0.717, 1.165) is 16.8 Å². The summed E-state index contributed by atoms with van der Waals surface area (Å²) in [4.78, 5) is 0. The average molecular weight is 321 g/mol. The van der Waals surface area contributed by atoms with E-state index in [4.69, 9.17) is 23.2 Å². The van der Waals surface area contributed by atoms with Crippen LogP contribution in [-0.4, -0.2) is 10.2 Å². The Bertz CT molecular complexity index is 751. The molecule has 0 radical (unpaired) electrons. The first kappa shape index (κ1) is 13.6. The largest absolute Gasteiger partial charge is 0.151 e. The van der Waals surface area contributed by atoms with Gasteiger partial charge in [0, 0.05) is 16.5 Å². The first-order valence-corrected chi connectivity index (χ1v) is 7.68. The molecular formula is C15H10Cl2N2S. The minimum Gasteiger partial charge on any atom is -0.151 e. The molecule has 0 fully saturated rings. The Hall–Kier alpha value is -1.42. The van der Waals surface area contributed by atoms with Crippen molar-refractivity contribution in [2.24, 2.45) is 0 Å². The Morgan fingerprint density at radius 1 is 0.900 bits per heavy atom. The summed E-state index contributed by atoms with van der Waals surface area (Å²) in [6, 6.07) is 9.35. The molecule has 2 nitrogen and oxygen atoms in total. The maximum Gasteiger partial charge on any atom is 0.0945 e. The van der Waals surface area contributed by atoms with Gasteiger partial charge in [0.25, 0.3) is 0 Å². The summed E-state index contributed by atoms with van der Waals surface area (Å²) in [5, 5.41) is 13.7. The molecule has 3 rings (SSSR count). The maximum absolute atomic E-state index is 6.19. The van der Waals surface area contributed by atoms with Crippen molar-refractivity contribution < 1.29 is 0 Å². The zero-order valence-corrected chi connectivity index (χ0v) is 12.9. The molecule has 20 heavy (non-hydrogen) atoms. The predicted molar refractivity (Wildman–Crippen MR) is 85.5 cm³/mol. The van der Waals surface area contributed by atoms with Gasteiger partial charge in [0.2, 0.25) is 0 Å². The number of nitrogens with zero attached hydrogens (tertiary/aromatic N) is 2. The quantitative estimate of drug-likeness (QED) is 0.624. The zero-order valence-electron chi connectivity index (χ0n) is 10.6. The van der Waals surface area contributed by atoms with Gasteiger partial charge in [-0.25, -0.2) is 0 Å². The van der Waals surface area contributed by atoms with E-state index < -0.39 is 0 Å². The summed E-state index contributed by atoms with van der Waals surface area (Å²) in [5.41, 5.74) is 4.70. The fraction of sp³-hybridized carbons (Fsp3) is 0.0667. The standard InChI is InChI=1S/C15H10Cl2N2S/c1-9-7-20-8-11(9)14-6-5-13(18-19-14)10-3-2-4-12(16)15(10)17/h2-8H,1H3. The second-order valence-electron chi connectivity index (χ2n) is 4.37. The monoisotopic (exact) mass is 320 g/mol. The molecule has 0 amide bonds. The van der Waals surface area contributed by atoms with Gasteiger partial charge >= 0.3 is 0 Å². The number of rotatable bonds is 2. The lowest BCUT2D eigenvalue weighted by molar-refractivity contribution is 1.04. The molecule has 100 valence electrons. The SMILES string of the molecule is Cc1cscc1-c1ccc(-c2cccc(Cl)c2Cl)nn1. The molecule has 0 aliphatic rings. The van der Waals surface area contributed by atoms with Gasteiger partial charge in [0.1, 0.15) is 0 Å². The van der Waals surface area contributed by atoms with Crippen molar-refractivity contribution >= 4 is 34.5 Å². The van der Waals surface area contributed by atoms with Crippen LogP contribution in [0.15, 0.2) is 41.1 Å². The van der Waals surface area contributed by atoms with Crippen LogP contribution in [-0.2, 0) is 0 Å². The third-order valence-corrected chi connectivity index (χ3v) is 4.70. The summed E-state index contributed by atoms with van der Waals surface area (Å²) < 4.78 is 0. The molecule has 0 aliphatic heterocycles. The van der Waals surface area contributed by atoms with E-state index in [2.05, 4.69) is 27.9 Å². The number of hydrogen-bond donors (Lipinski definition) is 0. The third kappa shape index (κ3) is 2.44. The van der Waals surface area contributed by atoms with Gasteiger partial charge in [-0.3, -0.25) is 0 Å². The van der Waals surface area contributed by atoms with Crippen molar-refractivity contribution in [3.63, 3.8) is 0 Å². The lowest BCUT2D eigenvalue weighted by Crippen LogP contribution is -1.91. The Labute approximate surface area is 131 Å². The first-order valence-electron chi connectivity index (χ1n) is 5.98. The minimum absolute atomic E-state index is 0.503. The summed E-state index contributed by atoms with van der Waals surface area (Å²) in [6.07, 6.45) is 0. The molecule has 0 bridgehead atoms. The predicted octanol–water partition coefficient (Wildman–Crippen LogP) is 5.49. The van der Waals surface area contributed by atoms with E-state index in [1.807, 2.05) is 24.3 Å². The molecule has 2 aromatic heterocycles. The highest BCUT2D eigenvalue weighted by Gasteiger charge is 2.10. The van der Waals surface area contributed by atoms with Crippen LogP contribution in [0.25, 0.3) is 22.5 Å². The van der Waals surface area contributed by atoms with Crippen LogP contribution < -0.4 is 0 Å². The molecule has 0 N–H and O–H groups in total. The fourth-order valence-corrected chi connectivity index (χ4v) is 3.18. The molecule has 5 heteroatoms. The van der Waals surface area contributed by atoms with Crippen LogP contribution in [0.5, 0.6) is 0 Å². The molecule has 0 spiro atoms. The highest BCUT2D eigenvalue weighted by Crippen LogP contribution is 2.33. The lowest BCUT2D eigenvalue weighted by atomic mass is 10.1. The lowest BCUT2D eigenvalue weighted by Gasteiger charge is -2.05. The van der Waals surface area contributed by atoms with Crippen LogP contribution in [0.4, 0.5) is 0 Å². The molecule has 0 saturated heterocycles. The van der Waals surface area contributed by atoms with Crippen LogP contribution in [0.3, 0.4) is 0 Å². The Morgan fingerprint density at radius 2 is 1.60 bits per heavy atom. The van der Waals surface area contributed by atoms with Gasteiger partial charge in [-0.2, -0.15) is 11.3 Å². The summed E-state index contributed by atoms with van der Waals surface area (Å²) >= 11 is 13.9. The molecule has 1 aromatic carbocycles. The topological polar surface area (TPSA) is 25.8 Å². The smallest absolute Gasteiger partial charge is 0.0945 e. The van der Waals surface area contributed by atoms with Gasteiger partial charge in [-0.1, -0.05) is 35.3 Å². The van der Waals surface area contributed by atoms with Crippen molar-refractivity contribution in [1.82, 2.24) is 10.2 Å². The van der Waals surface area contributed by atoms with Crippen LogP contribution >= 0.6 is 34.5 Å². The zero-order chi connectivity index (χ0) is 14.1. The molecule has 0 saturated carbocycles. The number of thiophene rings is 1. The van der Waals surface area contributed by atoms with E-state index in [1.54, 1.807) is 17.4 Å². The van der Waals surface area contributed by atoms with Crippen molar-refractivity contribution in [3.8, 4) is 22.5 Å². The average Bonchev–Trinajstić information content (AvgIpc) is 2.88. The summed E-state index contributed by atoms with van der Waals surface area (Å²) in [6.45, 7) is 2.06. The number of hydrogen-bond acceptors (Lipinski definition) is 3. The van der Waals surface area contributed by atoms with Gasteiger partial charge in [0.05, 0.1) is 21.4 Å². The number of aromatic nitrogens is 2. The highest BCUT2D eigenvalue weighted by molar-refractivity contribution is 7.08. The van der Waals surface area contributed by atoms with Gasteiger partial charge in [0.15, 0.2) is 0 Å². The maximum atomic E-state index is 6.19. The molecule has 0 aliphatic carbocycles. The molecule has 3 aromatic rings. The first-order chi connectivity index (χ1) is 9.66. The van der Waals surface area contributed by atoms with Crippen molar-refractivity contribution in [1.29, 1.82) is 0 Å². The summed E-state index contributed by atoms with van der Waals surface area (Å²) in [7, 11) is 0. The Morgan fingerprint density at radius 3 is 2.20 bits per heavy atom. The van der Waals surface area contributed by atoms with Crippen LogP contribution in [0.1, 0.15) is 5.56 Å². The minimum atomic E-state index is 0.503. The molecular weight excluding hydrogens is 311 g/mol. The second-order valence-corrected chi connectivity index (χ2v) is 5.90. The summed E-state index contributed by atoms with van der Waals surface area (Å²) in [5.74, 6) is 0. The second kappa shape index (κ2) is 5.52. The number of aryl methyl sites for hydroxylation is 1. The van der Waals surface area contributed by atoms with E-state index in [0.29, 0.717) is 15.7 Å². The number of halogens is 2. The van der Waals surface area contributed by atoms with E-state index in [1.165, 1.54) is 5.56 Å². The van der Waals surface area contributed by atoms with Gasteiger partial charge in [-0.05, 0) is 36.1 Å². The Kier molecular flexibility index (Phi) is 3.74. The van der Waals surface area contributed by atoms with Crippen molar-refractivity contribution in [3.05, 3.63) is 56.7 Å². The van der Waals surface area contributed by atoms with Crippen LogP contribution in [0.2, 0.25) is 10.0 Å². The van der Waals surface area contributed by atoms with E-state index in [-0.39, 0.29) is 0 Å². The number of benzene rings is 1. The van der Waals surface area contributed by atoms with Gasteiger partial charge in [-0.15, -0.1) is 10.2 Å². The fourth-order valence-electron chi connectivity index (χ4n) is 1.94. The molecule has 0 unspecified atom stereocenters. The van der Waals surface area contributed by atoms with E-state index in [9.17, 15) is 0 Å². The highest BCUT2D eigenvalue weighted by atomic mass is 35.5. The Balaban J connectivity index is 2.02. The van der Waals surface area contributed by atoms with Gasteiger partial charge < -0.3 is 0 Å². The van der Waals surface area contributed by atoms with Crippen molar-refractivity contribution in [2.45, 2.75) is 6.92 Å². The molecule has 0 atom stereocenters. The van der Waals surface area contributed by atoms with Crippen LogP contribution in [0, 0.1) is 6.92 Å². The normalized spacial score (nSPS) is 10.8. The molecule has 2 heterocycles. The van der Waals surface area contributed by atoms with E-state index >= 15 is 0 Å². The third-order valence-electron chi connectivity index (χ3n) is 3.02.